The molecule has 0 fully saturated rings. The number of thiophene rings is 1. The minimum atomic E-state index is -2.53. The van der Waals surface area contributed by atoms with Crippen LogP contribution in [0.2, 0.25) is 5.02 Å². The van der Waals surface area contributed by atoms with Crippen LogP contribution in [0.3, 0.4) is 0 Å². The van der Waals surface area contributed by atoms with Crippen LogP contribution >= 0.6 is 34.7 Å². The number of thioether (sulfide) groups is 1. The van der Waals surface area contributed by atoms with Crippen molar-refractivity contribution in [2.75, 3.05) is 11.9 Å². The van der Waals surface area contributed by atoms with E-state index in [9.17, 15) is 22.8 Å². The second kappa shape index (κ2) is 8.85. The number of esters is 1. The van der Waals surface area contributed by atoms with Crippen LogP contribution in [0, 0.1) is 5.82 Å². The molecule has 1 aromatic heterocycles. The third-order valence-corrected chi connectivity index (χ3v) is 5.83. The monoisotopic (exact) mass is 445 g/mol. The molecule has 146 valence electrons. The van der Waals surface area contributed by atoms with Gasteiger partial charge in [0.25, 0.3) is 11.7 Å². The maximum atomic E-state index is 13.3. The van der Waals surface area contributed by atoms with Crippen LogP contribution in [-0.2, 0) is 9.53 Å². The molecular formula is C18H11ClF3NO3S2. The van der Waals surface area contributed by atoms with E-state index in [1.54, 1.807) is 0 Å². The lowest BCUT2D eigenvalue weighted by molar-refractivity contribution is -0.119. The van der Waals surface area contributed by atoms with Gasteiger partial charge < -0.3 is 10.1 Å². The lowest BCUT2D eigenvalue weighted by atomic mass is 10.2. The minimum absolute atomic E-state index is 0.0726. The van der Waals surface area contributed by atoms with E-state index in [0.29, 0.717) is 32.4 Å². The summed E-state index contributed by atoms with van der Waals surface area (Å²) in [5.41, 5.74) is 0.370. The molecule has 28 heavy (non-hydrogen) atoms. The van der Waals surface area contributed by atoms with Gasteiger partial charge in [0.2, 0.25) is 0 Å². The summed E-state index contributed by atoms with van der Waals surface area (Å²) in [6.45, 7) is -0.564. The summed E-state index contributed by atoms with van der Waals surface area (Å²) in [6, 6.07) is 9.75. The fraction of sp³-hybridized carbons (Fsp3) is 0.111. The molecule has 0 unspecified atom stereocenters. The SMILES string of the molecule is O=C(COC(=O)c1sc2cc(F)ccc2c1Cl)Nc1ccc(SC(F)F)cc1. The number of amides is 1. The Morgan fingerprint density at radius 3 is 2.57 bits per heavy atom. The number of rotatable bonds is 6. The molecule has 0 saturated carbocycles. The summed E-state index contributed by atoms with van der Waals surface area (Å²) in [7, 11) is 0. The van der Waals surface area contributed by atoms with E-state index < -0.39 is 30.1 Å². The molecule has 0 saturated heterocycles. The predicted octanol–water partition coefficient (Wildman–Crippen LogP) is 5.80. The molecule has 0 aliphatic heterocycles. The quantitative estimate of drug-likeness (QED) is 0.384. The molecule has 4 nitrogen and oxygen atoms in total. The van der Waals surface area contributed by atoms with Gasteiger partial charge in [0.15, 0.2) is 6.61 Å². The summed E-state index contributed by atoms with van der Waals surface area (Å²) >= 11 is 7.49. The maximum absolute atomic E-state index is 13.3. The Morgan fingerprint density at radius 2 is 1.89 bits per heavy atom. The lowest BCUT2D eigenvalue weighted by Gasteiger charge is -2.07. The Morgan fingerprint density at radius 1 is 1.18 bits per heavy atom. The predicted molar refractivity (Wildman–Crippen MR) is 104 cm³/mol. The zero-order chi connectivity index (χ0) is 20.3. The van der Waals surface area contributed by atoms with Gasteiger partial charge in [0, 0.05) is 20.7 Å². The van der Waals surface area contributed by atoms with Crippen molar-refractivity contribution in [2.24, 2.45) is 0 Å². The molecule has 2 aromatic carbocycles. The Hall–Kier alpha value is -2.23. The fourth-order valence-corrected chi connectivity index (χ4v) is 4.21. The van der Waals surface area contributed by atoms with Crippen LogP contribution in [0.1, 0.15) is 9.67 Å². The first-order valence-electron chi connectivity index (χ1n) is 7.73. The number of hydrogen-bond donors (Lipinski definition) is 1. The van der Waals surface area contributed by atoms with Gasteiger partial charge in [-0.15, -0.1) is 11.3 Å². The van der Waals surface area contributed by atoms with Crippen molar-refractivity contribution in [3.05, 3.63) is 58.2 Å². The summed E-state index contributed by atoms with van der Waals surface area (Å²) < 4.78 is 43.3. The van der Waals surface area contributed by atoms with E-state index in [4.69, 9.17) is 16.3 Å². The third kappa shape index (κ3) is 4.98. The number of fused-ring (bicyclic) bond motifs is 1. The normalized spacial score (nSPS) is 11.0. The van der Waals surface area contributed by atoms with Crippen molar-refractivity contribution >= 4 is 62.3 Å². The van der Waals surface area contributed by atoms with E-state index in [2.05, 4.69) is 5.32 Å². The molecule has 0 radical (unpaired) electrons. The molecule has 3 aromatic rings. The third-order valence-electron chi connectivity index (χ3n) is 3.47. The first-order chi connectivity index (χ1) is 13.3. The van der Waals surface area contributed by atoms with Gasteiger partial charge in [0.05, 0.1) is 5.02 Å². The number of alkyl halides is 2. The highest BCUT2D eigenvalue weighted by Gasteiger charge is 2.20. The van der Waals surface area contributed by atoms with Crippen LogP contribution in [0.4, 0.5) is 18.9 Å². The van der Waals surface area contributed by atoms with Gasteiger partial charge in [-0.25, -0.2) is 9.18 Å². The van der Waals surface area contributed by atoms with Crippen LogP contribution < -0.4 is 5.32 Å². The summed E-state index contributed by atoms with van der Waals surface area (Å²) in [6.07, 6.45) is 0. The molecule has 10 heteroatoms. The number of carbonyl (C=O) groups is 2. The molecule has 1 N–H and O–H groups in total. The van der Waals surface area contributed by atoms with E-state index in [1.165, 1.54) is 42.5 Å². The van der Waals surface area contributed by atoms with Crippen molar-refractivity contribution in [1.82, 2.24) is 0 Å². The molecule has 1 amide bonds. The summed E-state index contributed by atoms with van der Waals surface area (Å²) in [4.78, 5) is 24.5. The second-order valence-electron chi connectivity index (χ2n) is 5.41. The van der Waals surface area contributed by atoms with Crippen LogP contribution in [0.5, 0.6) is 0 Å². The van der Waals surface area contributed by atoms with Crippen LogP contribution in [0.15, 0.2) is 47.4 Å². The van der Waals surface area contributed by atoms with Gasteiger partial charge in [-0.1, -0.05) is 23.4 Å². The van der Waals surface area contributed by atoms with Crippen LogP contribution in [0.25, 0.3) is 10.1 Å². The Bertz CT molecular complexity index is 1020. The molecule has 1 heterocycles. The van der Waals surface area contributed by atoms with Crippen molar-refractivity contribution < 1.29 is 27.5 Å². The standard InChI is InChI=1S/C18H11ClF3NO3S2/c19-15-12-6-1-9(20)7-13(12)28-16(15)17(25)26-8-14(24)23-10-2-4-11(5-3-10)27-18(21)22/h1-7,18H,8H2,(H,23,24). The fourth-order valence-electron chi connectivity index (χ4n) is 2.28. The molecular weight excluding hydrogens is 435 g/mol. The highest BCUT2D eigenvalue weighted by atomic mass is 35.5. The van der Waals surface area contributed by atoms with Gasteiger partial charge >= 0.3 is 5.97 Å². The molecule has 0 aliphatic carbocycles. The number of benzene rings is 2. The van der Waals surface area contributed by atoms with Gasteiger partial charge in [-0.3, -0.25) is 4.79 Å². The topological polar surface area (TPSA) is 55.4 Å². The smallest absolute Gasteiger partial charge is 0.350 e. The molecule has 0 atom stereocenters. The van der Waals surface area contributed by atoms with E-state index >= 15 is 0 Å². The summed E-state index contributed by atoms with van der Waals surface area (Å²) in [5, 5.41) is 3.14. The molecule has 3 rings (SSSR count). The van der Waals surface area contributed by atoms with Crippen LogP contribution in [-0.4, -0.2) is 24.2 Å². The number of hydrogen-bond acceptors (Lipinski definition) is 5. The Labute approximate surface area is 170 Å². The maximum Gasteiger partial charge on any atom is 0.350 e. The number of ether oxygens (including phenoxy) is 1. The van der Waals surface area contributed by atoms with Crippen molar-refractivity contribution in [3.63, 3.8) is 0 Å². The largest absolute Gasteiger partial charge is 0.451 e. The van der Waals surface area contributed by atoms with Gasteiger partial charge in [0.1, 0.15) is 10.7 Å². The average molecular weight is 446 g/mol. The zero-order valence-electron chi connectivity index (χ0n) is 13.9. The van der Waals surface area contributed by atoms with E-state index in [1.807, 2.05) is 0 Å². The number of anilines is 1. The highest BCUT2D eigenvalue weighted by Crippen LogP contribution is 2.36. The van der Waals surface area contributed by atoms with Crippen molar-refractivity contribution in [2.45, 2.75) is 10.7 Å². The number of nitrogens with one attached hydrogen (secondary N) is 1. The minimum Gasteiger partial charge on any atom is -0.451 e. The average Bonchev–Trinajstić information content (AvgIpc) is 2.97. The second-order valence-corrected chi connectivity index (χ2v) is 7.91. The van der Waals surface area contributed by atoms with Gasteiger partial charge in [-0.2, -0.15) is 8.78 Å². The molecule has 0 aliphatic rings. The lowest BCUT2D eigenvalue weighted by Crippen LogP contribution is -2.20. The van der Waals surface area contributed by atoms with Crippen molar-refractivity contribution in [1.29, 1.82) is 0 Å². The Kier molecular flexibility index (Phi) is 6.48. The highest BCUT2D eigenvalue weighted by molar-refractivity contribution is 7.99. The Balaban J connectivity index is 1.58. The first-order valence-corrected chi connectivity index (χ1v) is 9.80. The molecule has 0 bridgehead atoms. The first kappa shape index (κ1) is 20.5. The van der Waals surface area contributed by atoms with Crippen molar-refractivity contribution in [3.8, 4) is 0 Å². The summed E-state index contributed by atoms with van der Waals surface area (Å²) in [5.74, 6) is -4.39. The van der Waals surface area contributed by atoms with E-state index in [-0.39, 0.29) is 9.90 Å². The van der Waals surface area contributed by atoms with E-state index in [0.717, 1.165) is 11.3 Å². The molecule has 0 spiro atoms. The zero-order valence-corrected chi connectivity index (χ0v) is 16.3. The number of halogens is 4. The van der Waals surface area contributed by atoms with Gasteiger partial charge in [-0.05, 0) is 42.5 Å². The number of carbonyl (C=O) groups excluding carboxylic acids is 2.